The molecular formula is C14H19N. The highest BCUT2D eigenvalue weighted by Gasteiger charge is 2.01. The first-order chi connectivity index (χ1) is 7.13. The largest absolute Gasteiger partial charge is 0.309 e. The molecule has 0 aliphatic carbocycles. The first-order valence-corrected chi connectivity index (χ1v) is 5.36. The summed E-state index contributed by atoms with van der Waals surface area (Å²) in [5.41, 5.74) is 4.00. The van der Waals surface area contributed by atoms with E-state index >= 15 is 0 Å². The Kier molecular flexibility index (Phi) is 4.39. The van der Waals surface area contributed by atoms with E-state index < -0.39 is 0 Å². The molecule has 0 aliphatic heterocycles. The van der Waals surface area contributed by atoms with Crippen LogP contribution in [0.5, 0.6) is 0 Å². The molecule has 15 heavy (non-hydrogen) atoms. The second-order valence-electron chi connectivity index (χ2n) is 4.12. The van der Waals surface area contributed by atoms with Gasteiger partial charge in [0.05, 0.1) is 0 Å². The quantitative estimate of drug-likeness (QED) is 0.739. The van der Waals surface area contributed by atoms with Gasteiger partial charge in [-0.1, -0.05) is 23.8 Å². The number of rotatable bonds is 4. The third-order valence-electron chi connectivity index (χ3n) is 2.57. The van der Waals surface area contributed by atoms with Crippen molar-refractivity contribution in [3.05, 3.63) is 34.9 Å². The van der Waals surface area contributed by atoms with Crippen molar-refractivity contribution in [2.24, 2.45) is 0 Å². The van der Waals surface area contributed by atoms with Crippen LogP contribution in [-0.4, -0.2) is 6.04 Å². The molecule has 1 unspecified atom stereocenters. The Hall–Kier alpha value is -1.26. The van der Waals surface area contributed by atoms with Gasteiger partial charge in [-0.25, -0.2) is 0 Å². The molecule has 0 aliphatic rings. The summed E-state index contributed by atoms with van der Waals surface area (Å²) in [4.78, 5) is 0. The Bertz CT molecular complexity index is 360. The van der Waals surface area contributed by atoms with Crippen LogP contribution in [0.1, 0.15) is 30.0 Å². The summed E-state index contributed by atoms with van der Waals surface area (Å²) in [5.74, 6) is 2.67. The molecule has 0 heterocycles. The average molecular weight is 201 g/mol. The van der Waals surface area contributed by atoms with E-state index in [2.05, 4.69) is 50.2 Å². The number of benzene rings is 1. The van der Waals surface area contributed by atoms with Gasteiger partial charge in [-0.05, 0) is 31.9 Å². The molecular weight excluding hydrogens is 182 g/mol. The van der Waals surface area contributed by atoms with Gasteiger partial charge in [-0.2, -0.15) is 0 Å². The van der Waals surface area contributed by atoms with E-state index in [0.717, 1.165) is 13.0 Å². The fraction of sp³-hybridized carbons (Fsp3) is 0.429. The third kappa shape index (κ3) is 3.77. The number of terminal acetylenes is 1. The first-order valence-electron chi connectivity index (χ1n) is 5.36. The van der Waals surface area contributed by atoms with Crippen LogP contribution in [0.25, 0.3) is 0 Å². The summed E-state index contributed by atoms with van der Waals surface area (Å²) in [5, 5.41) is 3.43. The predicted molar refractivity (Wildman–Crippen MR) is 65.7 cm³/mol. The van der Waals surface area contributed by atoms with Crippen molar-refractivity contribution in [3.63, 3.8) is 0 Å². The zero-order chi connectivity index (χ0) is 11.3. The molecule has 0 spiro atoms. The lowest BCUT2D eigenvalue weighted by atomic mass is 10.1. The van der Waals surface area contributed by atoms with Crippen molar-refractivity contribution >= 4 is 0 Å². The molecule has 1 atom stereocenters. The molecule has 0 aromatic heterocycles. The van der Waals surface area contributed by atoms with Crippen LogP contribution < -0.4 is 5.32 Å². The lowest BCUT2D eigenvalue weighted by Crippen LogP contribution is -2.25. The van der Waals surface area contributed by atoms with Crippen LogP contribution in [0.15, 0.2) is 18.2 Å². The fourth-order valence-corrected chi connectivity index (χ4v) is 1.52. The van der Waals surface area contributed by atoms with E-state index in [-0.39, 0.29) is 0 Å². The van der Waals surface area contributed by atoms with Gasteiger partial charge in [-0.15, -0.1) is 12.3 Å². The normalized spacial score (nSPS) is 12.1. The maximum atomic E-state index is 5.26. The molecule has 0 radical (unpaired) electrons. The van der Waals surface area contributed by atoms with Gasteiger partial charge in [0.15, 0.2) is 0 Å². The van der Waals surface area contributed by atoms with Crippen LogP contribution in [0, 0.1) is 26.2 Å². The fourth-order valence-electron chi connectivity index (χ4n) is 1.52. The van der Waals surface area contributed by atoms with Gasteiger partial charge >= 0.3 is 0 Å². The van der Waals surface area contributed by atoms with Gasteiger partial charge in [0.2, 0.25) is 0 Å². The van der Waals surface area contributed by atoms with Crippen molar-refractivity contribution in [1.82, 2.24) is 5.32 Å². The van der Waals surface area contributed by atoms with Crippen LogP contribution in [-0.2, 0) is 6.54 Å². The molecule has 1 rings (SSSR count). The monoisotopic (exact) mass is 201 g/mol. The third-order valence-corrected chi connectivity index (χ3v) is 2.57. The molecule has 1 N–H and O–H groups in total. The number of hydrogen-bond acceptors (Lipinski definition) is 1. The predicted octanol–water partition coefficient (Wildman–Crippen LogP) is 2.80. The zero-order valence-corrected chi connectivity index (χ0v) is 9.80. The van der Waals surface area contributed by atoms with Crippen molar-refractivity contribution in [1.29, 1.82) is 0 Å². The Balaban J connectivity index is 2.57. The molecule has 0 saturated heterocycles. The molecule has 80 valence electrons. The highest BCUT2D eigenvalue weighted by atomic mass is 14.9. The van der Waals surface area contributed by atoms with Gasteiger partial charge < -0.3 is 5.32 Å². The van der Waals surface area contributed by atoms with Gasteiger partial charge in [0, 0.05) is 19.0 Å². The maximum Gasteiger partial charge on any atom is 0.0238 e. The minimum Gasteiger partial charge on any atom is -0.309 e. The minimum atomic E-state index is 0.384. The van der Waals surface area contributed by atoms with Gasteiger partial charge in [-0.3, -0.25) is 0 Å². The molecule has 1 nitrogen and oxygen atoms in total. The standard InChI is InChI=1S/C14H19N/c1-5-6-13(4)15-10-14-9-11(2)7-8-12(14)3/h1,7-9,13,15H,6,10H2,2-4H3. The lowest BCUT2D eigenvalue weighted by Gasteiger charge is -2.13. The SMILES string of the molecule is C#CCC(C)NCc1cc(C)ccc1C. The van der Waals surface area contributed by atoms with Crippen molar-refractivity contribution in [3.8, 4) is 12.3 Å². The van der Waals surface area contributed by atoms with E-state index in [1.807, 2.05) is 0 Å². The molecule has 1 aromatic carbocycles. The van der Waals surface area contributed by atoms with Crippen LogP contribution in [0.3, 0.4) is 0 Å². The Morgan fingerprint density at radius 2 is 2.13 bits per heavy atom. The maximum absolute atomic E-state index is 5.26. The van der Waals surface area contributed by atoms with Crippen molar-refractivity contribution in [2.75, 3.05) is 0 Å². The molecule has 0 fully saturated rings. The molecule has 1 aromatic rings. The topological polar surface area (TPSA) is 12.0 Å². The van der Waals surface area contributed by atoms with E-state index in [9.17, 15) is 0 Å². The second-order valence-corrected chi connectivity index (χ2v) is 4.12. The molecule has 0 amide bonds. The first kappa shape index (κ1) is 11.8. The summed E-state index contributed by atoms with van der Waals surface area (Å²) < 4.78 is 0. The van der Waals surface area contributed by atoms with Crippen LogP contribution >= 0.6 is 0 Å². The van der Waals surface area contributed by atoms with Gasteiger partial charge in [0.1, 0.15) is 0 Å². The van der Waals surface area contributed by atoms with Crippen LogP contribution in [0.2, 0.25) is 0 Å². The van der Waals surface area contributed by atoms with Crippen LogP contribution in [0.4, 0.5) is 0 Å². The van der Waals surface area contributed by atoms with Crippen molar-refractivity contribution < 1.29 is 0 Å². The Morgan fingerprint density at radius 3 is 2.80 bits per heavy atom. The zero-order valence-electron chi connectivity index (χ0n) is 9.80. The average Bonchev–Trinajstić information content (AvgIpc) is 2.20. The summed E-state index contributed by atoms with van der Waals surface area (Å²) in [7, 11) is 0. The number of nitrogens with one attached hydrogen (secondary N) is 1. The number of aryl methyl sites for hydroxylation is 2. The molecule has 0 bridgehead atoms. The van der Waals surface area contributed by atoms with E-state index in [1.165, 1.54) is 16.7 Å². The summed E-state index contributed by atoms with van der Waals surface area (Å²) in [6, 6.07) is 6.92. The highest BCUT2D eigenvalue weighted by Crippen LogP contribution is 2.10. The smallest absolute Gasteiger partial charge is 0.0238 e. The van der Waals surface area contributed by atoms with E-state index in [4.69, 9.17) is 6.42 Å². The Labute approximate surface area is 92.9 Å². The summed E-state index contributed by atoms with van der Waals surface area (Å²) in [6.45, 7) is 7.28. The molecule has 1 heteroatoms. The number of hydrogen-bond donors (Lipinski definition) is 1. The summed E-state index contributed by atoms with van der Waals surface area (Å²) in [6.07, 6.45) is 6.05. The van der Waals surface area contributed by atoms with Crippen molar-refractivity contribution in [2.45, 2.75) is 39.8 Å². The van der Waals surface area contributed by atoms with Gasteiger partial charge in [0.25, 0.3) is 0 Å². The van der Waals surface area contributed by atoms with E-state index in [0.29, 0.717) is 6.04 Å². The second kappa shape index (κ2) is 5.58. The Morgan fingerprint density at radius 1 is 1.40 bits per heavy atom. The minimum absolute atomic E-state index is 0.384. The molecule has 0 saturated carbocycles. The summed E-state index contributed by atoms with van der Waals surface area (Å²) >= 11 is 0. The highest BCUT2D eigenvalue weighted by molar-refractivity contribution is 5.30. The van der Waals surface area contributed by atoms with E-state index in [1.54, 1.807) is 0 Å². The lowest BCUT2D eigenvalue weighted by molar-refractivity contribution is 0.558.